The van der Waals surface area contributed by atoms with Crippen molar-refractivity contribution in [2.24, 2.45) is 0 Å². The molecule has 0 N–H and O–H groups in total. The van der Waals surface area contributed by atoms with Crippen LogP contribution >= 0.6 is 35.0 Å². The molecule has 1 aromatic rings. The standard InChI is InChI=1S/C10H10Cl2O2S/c1-14-10(13)6-3-4-8(11)9(12)7(6)5-15-2/h3-4H,5H2,1-2H3. The number of esters is 1. The number of carbonyl (C=O) groups excluding carboxylic acids is 1. The van der Waals surface area contributed by atoms with Gasteiger partial charge in [-0.2, -0.15) is 11.8 Å². The number of thioether (sulfide) groups is 1. The molecule has 0 bridgehead atoms. The molecule has 0 atom stereocenters. The second kappa shape index (κ2) is 5.64. The molecule has 0 saturated heterocycles. The van der Waals surface area contributed by atoms with E-state index in [0.29, 0.717) is 21.4 Å². The summed E-state index contributed by atoms with van der Waals surface area (Å²) < 4.78 is 4.67. The molecule has 0 radical (unpaired) electrons. The van der Waals surface area contributed by atoms with E-state index in [2.05, 4.69) is 4.74 Å². The fourth-order valence-corrected chi connectivity index (χ4v) is 2.26. The Kier molecular flexibility index (Phi) is 4.77. The number of rotatable bonds is 3. The van der Waals surface area contributed by atoms with Crippen molar-refractivity contribution >= 4 is 40.9 Å². The summed E-state index contributed by atoms with van der Waals surface area (Å²) in [6.07, 6.45) is 1.93. The highest BCUT2D eigenvalue weighted by Crippen LogP contribution is 2.31. The van der Waals surface area contributed by atoms with Gasteiger partial charge in [0.15, 0.2) is 0 Å². The van der Waals surface area contributed by atoms with Crippen LogP contribution in [0.4, 0.5) is 0 Å². The molecule has 0 aromatic heterocycles. The van der Waals surface area contributed by atoms with Gasteiger partial charge in [-0.1, -0.05) is 23.2 Å². The third kappa shape index (κ3) is 2.80. The van der Waals surface area contributed by atoms with Crippen molar-refractivity contribution in [2.75, 3.05) is 13.4 Å². The Labute approximate surface area is 103 Å². The molecule has 0 unspecified atom stereocenters. The van der Waals surface area contributed by atoms with Gasteiger partial charge in [-0.15, -0.1) is 0 Å². The van der Waals surface area contributed by atoms with Gasteiger partial charge >= 0.3 is 5.97 Å². The largest absolute Gasteiger partial charge is 0.465 e. The summed E-state index contributed by atoms with van der Waals surface area (Å²) in [4.78, 5) is 11.4. The molecule has 0 amide bonds. The van der Waals surface area contributed by atoms with Gasteiger partial charge in [0.05, 0.1) is 22.7 Å². The average molecular weight is 265 g/mol. The Morgan fingerprint density at radius 1 is 1.47 bits per heavy atom. The van der Waals surface area contributed by atoms with Gasteiger partial charge in [0.25, 0.3) is 0 Å². The lowest BCUT2D eigenvalue weighted by Crippen LogP contribution is -2.05. The van der Waals surface area contributed by atoms with E-state index in [4.69, 9.17) is 23.2 Å². The Hall–Kier alpha value is -0.380. The molecule has 0 saturated carbocycles. The van der Waals surface area contributed by atoms with Crippen molar-refractivity contribution in [3.8, 4) is 0 Å². The van der Waals surface area contributed by atoms with E-state index >= 15 is 0 Å². The monoisotopic (exact) mass is 264 g/mol. The van der Waals surface area contributed by atoms with Gasteiger partial charge in [0.2, 0.25) is 0 Å². The summed E-state index contributed by atoms with van der Waals surface area (Å²) in [6, 6.07) is 3.23. The molecule has 0 heterocycles. The first-order chi connectivity index (χ1) is 7.11. The summed E-state index contributed by atoms with van der Waals surface area (Å²) in [5.74, 6) is 0.238. The number of hydrogen-bond donors (Lipinski definition) is 0. The fourth-order valence-electron chi connectivity index (χ4n) is 1.18. The van der Waals surface area contributed by atoms with E-state index in [0.717, 1.165) is 5.56 Å². The normalized spacial score (nSPS) is 10.1. The third-order valence-corrected chi connectivity index (χ3v) is 3.31. The third-order valence-electron chi connectivity index (χ3n) is 1.89. The number of halogens is 2. The van der Waals surface area contributed by atoms with Crippen molar-refractivity contribution in [1.82, 2.24) is 0 Å². The second-order valence-electron chi connectivity index (χ2n) is 2.81. The topological polar surface area (TPSA) is 26.3 Å². The molecule has 1 aromatic carbocycles. The number of benzene rings is 1. The van der Waals surface area contributed by atoms with Gasteiger partial charge in [-0.05, 0) is 24.0 Å². The molecule has 1 rings (SSSR count). The molecule has 5 heteroatoms. The minimum Gasteiger partial charge on any atom is -0.465 e. The van der Waals surface area contributed by atoms with Crippen molar-refractivity contribution in [3.05, 3.63) is 33.3 Å². The molecule has 2 nitrogen and oxygen atoms in total. The fraction of sp³-hybridized carbons (Fsp3) is 0.300. The summed E-state index contributed by atoms with van der Waals surface area (Å²) >= 11 is 13.5. The summed E-state index contributed by atoms with van der Waals surface area (Å²) in [6.45, 7) is 0. The molecule has 0 fully saturated rings. The van der Waals surface area contributed by atoms with Crippen molar-refractivity contribution in [2.45, 2.75) is 5.75 Å². The lowest BCUT2D eigenvalue weighted by Gasteiger charge is -2.09. The Bertz CT molecular complexity index is 380. The van der Waals surface area contributed by atoms with Crippen LogP contribution in [0.15, 0.2) is 12.1 Å². The molecule has 0 aliphatic carbocycles. The van der Waals surface area contributed by atoms with Crippen LogP contribution in [0.2, 0.25) is 10.0 Å². The van der Waals surface area contributed by atoms with E-state index in [-0.39, 0.29) is 0 Å². The van der Waals surface area contributed by atoms with E-state index in [1.165, 1.54) is 7.11 Å². The van der Waals surface area contributed by atoms with Gasteiger partial charge in [0, 0.05) is 5.75 Å². The van der Waals surface area contributed by atoms with Gasteiger partial charge in [-0.3, -0.25) is 0 Å². The smallest absolute Gasteiger partial charge is 0.338 e. The van der Waals surface area contributed by atoms with E-state index < -0.39 is 5.97 Å². The van der Waals surface area contributed by atoms with E-state index in [9.17, 15) is 4.79 Å². The van der Waals surface area contributed by atoms with Crippen LogP contribution < -0.4 is 0 Å². The highest BCUT2D eigenvalue weighted by atomic mass is 35.5. The maximum Gasteiger partial charge on any atom is 0.338 e. The van der Waals surface area contributed by atoms with Gasteiger partial charge in [-0.25, -0.2) is 4.79 Å². The summed E-state index contributed by atoms with van der Waals surface area (Å²) in [7, 11) is 1.34. The van der Waals surface area contributed by atoms with E-state index in [1.807, 2.05) is 6.26 Å². The van der Waals surface area contributed by atoms with Crippen LogP contribution in [0.3, 0.4) is 0 Å². The first-order valence-corrected chi connectivity index (χ1v) is 6.31. The van der Waals surface area contributed by atoms with Crippen LogP contribution in [0.1, 0.15) is 15.9 Å². The first-order valence-electron chi connectivity index (χ1n) is 4.16. The summed E-state index contributed by atoms with van der Waals surface area (Å²) in [5, 5.41) is 0.877. The first kappa shape index (κ1) is 12.7. The minimum absolute atomic E-state index is 0.391. The Morgan fingerprint density at radius 3 is 2.67 bits per heavy atom. The molecule has 0 aliphatic heterocycles. The van der Waals surface area contributed by atoms with Crippen LogP contribution in [0.5, 0.6) is 0 Å². The zero-order valence-corrected chi connectivity index (χ0v) is 10.7. The predicted octanol–water partition coefficient (Wildman–Crippen LogP) is 3.64. The quantitative estimate of drug-likeness (QED) is 0.780. The molecule has 15 heavy (non-hydrogen) atoms. The van der Waals surface area contributed by atoms with Crippen LogP contribution in [-0.4, -0.2) is 19.3 Å². The van der Waals surface area contributed by atoms with Crippen molar-refractivity contribution in [3.63, 3.8) is 0 Å². The number of hydrogen-bond acceptors (Lipinski definition) is 3. The molecule has 0 spiro atoms. The Balaban J connectivity index is 3.26. The molecular formula is C10H10Cl2O2S. The predicted molar refractivity (Wildman–Crippen MR) is 65.0 cm³/mol. The van der Waals surface area contributed by atoms with Crippen LogP contribution in [-0.2, 0) is 10.5 Å². The number of methoxy groups -OCH3 is 1. The highest BCUT2D eigenvalue weighted by Gasteiger charge is 2.16. The molecule has 82 valence electrons. The van der Waals surface area contributed by atoms with Crippen LogP contribution in [0.25, 0.3) is 0 Å². The highest BCUT2D eigenvalue weighted by molar-refractivity contribution is 7.97. The average Bonchev–Trinajstić information content (AvgIpc) is 2.24. The van der Waals surface area contributed by atoms with Gasteiger partial charge in [0.1, 0.15) is 0 Å². The lowest BCUT2D eigenvalue weighted by atomic mass is 10.1. The van der Waals surface area contributed by atoms with Crippen LogP contribution in [0, 0.1) is 0 Å². The number of ether oxygens (including phenoxy) is 1. The zero-order valence-electron chi connectivity index (χ0n) is 8.34. The van der Waals surface area contributed by atoms with Crippen molar-refractivity contribution in [1.29, 1.82) is 0 Å². The zero-order chi connectivity index (χ0) is 11.4. The minimum atomic E-state index is -0.391. The van der Waals surface area contributed by atoms with E-state index in [1.54, 1.807) is 23.9 Å². The second-order valence-corrected chi connectivity index (χ2v) is 4.46. The number of carbonyl (C=O) groups is 1. The lowest BCUT2D eigenvalue weighted by molar-refractivity contribution is 0.0600. The molecule has 0 aliphatic rings. The van der Waals surface area contributed by atoms with Gasteiger partial charge < -0.3 is 4.74 Å². The maximum absolute atomic E-state index is 11.4. The molecular weight excluding hydrogens is 255 g/mol. The maximum atomic E-state index is 11.4. The van der Waals surface area contributed by atoms with Crippen molar-refractivity contribution < 1.29 is 9.53 Å². The SMILES string of the molecule is COC(=O)c1ccc(Cl)c(Cl)c1CSC. The Morgan fingerprint density at radius 2 is 2.13 bits per heavy atom. The summed E-state index contributed by atoms with van der Waals surface area (Å²) in [5.41, 5.74) is 1.20.